The number of carbonyl (C=O) groups is 3. The van der Waals surface area contributed by atoms with Gasteiger partial charge in [-0.2, -0.15) is 0 Å². The van der Waals surface area contributed by atoms with Gasteiger partial charge in [0.25, 0.3) is 5.91 Å². The monoisotopic (exact) mass is 397 g/mol. The van der Waals surface area contributed by atoms with Crippen LogP contribution in [0.5, 0.6) is 0 Å². The van der Waals surface area contributed by atoms with Gasteiger partial charge in [0.05, 0.1) is 12.5 Å². The van der Waals surface area contributed by atoms with Crippen molar-refractivity contribution in [2.45, 2.75) is 89.3 Å². The maximum absolute atomic E-state index is 12.7. The standard InChI is InChI=1S/C23H31N3O3/c1-15(17-12-11-16-7-5-6-8-18(16)13-17)24-21(27)14-20-22(28)26(23(29)25-20)19-9-3-2-4-10-19/h11-13,15,19-20H,2-10,14H2,1H3,(H,24,27)(H,25,29). The van der Waals surface area contributed by atoms with Crippen molar-refractivity contribution in [1.29, 1.82) is 0 Å². The average Bonchev–Trinajstić information content (AvgIpc) is 3.01. The third kappa shape index (κ3) is 4.31. The Labute approximate surface area is 172 Å². The number of nitrogens with zero attached hydrogens (tertiary/aromatic N) is 1. The van der Waals surface area contributed by atoms with Crippen LogP contribution in [0.3, 0.4) is 0 Å². The Balaban J connectivity index is 1.34. The number of carbonyl (C=O) groups excluding carboxylic acids is 3. The van der Waals surface area contributed by atoms with Crippen molar-refractivity contribution in [3.8, 4) is 0 Å². The number of hydrogen-bond acceptors (Lipinski definition) is 3. The van der Waals surface area contributed by atoms with E-state index in [0.717, 1.165) is 50.5 Å². The highest BCUT2D eigenvalue weighted by molar-refractivity contribution is 6.06. The van der Waals surface area contributed by atoms with E-state index < -0.39 is 6.04 Å². The van der Waals surface area contributed by atoms with Crippen molar-refractivity contribution >= 4 is 17.8 Å². The van der Waals surface area contributed by atoms with Crippen molar-refractivity contribution in [3.05, 3.63) is 34.9 Å². The molecule has 29 heavy (non-hydrogen) atoms. The highest BCUT2D eigenvalue weighted by atomic mass is 16.2. The molecule has 6 heteroatoms. The fourth-order valence-corrected chi connectivity index (χ4v) is 4.96. The van der Waals surface area contributed by atoms with Crippen LogP contribution >= 0.6 is 0 Å². The third-order valence-corrected chi connectivity index (χ3v) is 6.63. The van der Waals surface area contributed by atoms with Crippen molar-refractivity contribution < 1.29 is 14.4 Å². The number of amides is 4. The van der Waals surface area contributed by atoms with Gasteiger partial charge < -0.3 is 10.6 Å². The van der Waals surface area contributed by atoms with E-state index in [1.54, 1.807) is 0 Å². The third-order valence-electron chi connectivity index (χ3n) is 6.63. The van der Waals surface area contributed by atoms with Gasteiger partial charge in [-0.25, -0.2) is 4.79 Å². The van der Waals surface area contributed by atoms with Crippen LogP contribution in [-0.2, 0) is 22.4 Å². The maximum atomic E-state index is 12.7. The minimum atomic E-state index is -0.750. The molecule has 2 unspecified atom stereocenters. The molecule has 1 aromatic rings. The zero-order valence-corrected chi connectivity index (χ0v) is 17.2. The lowest BCUT2D eigenvalue weighted by Gasteiger charge is -2.28. The summed E-state index contributed by atoms with van der Waals surface area (Å²) in [7, 11) is 0. The summed E-state index contributed by atoms with van der Waals surface area (Å²) in [6.45, 7) is 1.96. The van der Waals surface area contributed by atoms with E-state index in [2.05, 4.69) is 28.8 Å². The van der Waals surface area contributed by atoms with Gasteiger partial charge >= 0.3 is 6.03 Å². The summed E-state index contributed by atoms with van der Waals surface area (Å²) in [6, 6.07) is 5.22. The van der Waals surface area contributed by atoms with Crippen LogP contribution in [0.1, 0.15) is 81.0 Å². The number of fused-ring (bicyclic) bond motifs is 1. The minimum Gasteiger partial charge on any atom is -0.350 e. The highest BCUT2D eigenvalue weighted by Gasteiger charge is 2.42. The molecule has 2 atom stereocenters. The first kappa shape index (κ1) is 19.9. The molecule has 0 radical (unpaired) electrons. The van der Waals surface area contributed by atoms with E-state index in [9.17, 15) is 14.4 Å². The lowest BCUT2D eigenvalue weighted by atomic mass is 9.89. The van der Waals surface area contributed by atoms with Crippen molar-refractivity contribution in [2.24, 2.45) is 0 Å². The molecule has 3 aliphatic rings. The number of rotatable bonds is 5. The average molecular weight is 398 g/mol. The predicted octanol–water partition coefficient (Wildman–Crippen LogP) is 3.39. The Kier molecular flexibility index (Phi) is 5.88. The van der Waals surface area contributed by atoms with Gasteiger partial charge in [-0.1, -0.05) is 37.5 Å². The second-order valence-corrected chi connectivity index (χ2v) is 8.73. The smallest absolute Gasteiger partial charge is 0.325 e. The Morgan fingerprint density at radius 3 is 2.59 bits per heavy atom. The number of benzene rings is 1. The number of hydrogen-bond donors (Lipinski definition) is 2. The summed E-state index contributed by atoms with van der Waals surface area (Å²) < 4.78 is 0. The summed E-state index contributed by atoms with van der Waals surface area (Å²) in [5, 5.41) is 5.71. The fraction of sp³-hybridized carbons (Fsp3) is 0.609. The molecule has 0 bridgehead atoms. The molecular weight excluding hydrogens is 366 g/mol. The van der Waals surface area contributed by atoms with Crippen LogP contribution in [0.15, 0.2) is 18.2 Å². The van der Waals surface area contributed by atoms with Gasteiger partial charge in [-0.3, -0.25) is 14.5 Å². The Morgan fingerprint density at radius 2 is 1.83 bits per heavy atom. The normalized spacial score (nSPS) is 23.5. The van der Waals surface area contributed by atoms with E-state index >= 15 is 0 Å². The van der Waals surface area contributed by atoms with Gasteiger partial charge in [-0.15, -0.1) is 0 Å². The van der Waals surface area contributed by atoms with Gasteiger partial charge in [0.2, 0.25) is 5.91 Å². The lowest BCUT2D eigenvalue weighted by molar-refractivity contribution is -0.132. The molecule has 6 nitrogen and oxygen atoms in total. The Bertz CT molecular complexity index is 801. The first-order valence-electron chi connectivity index (χ1n) is 11.1. The molecule has 0 aromatic heterocycles. The van der Waals surface area contributed by atoms with Crippen molar-refractivity contribution in [3.63, 3.8) is 0 Å². The second kappa shape index (κ2) is 8.56. The molecule has 4 amide bonds. The summed E-state index contributed by atoms with van der Waals surface area (Å²) >= 11 is 0. The first-order chi connectivity index (χ1) is 14.0. The Morgan fingerprint density at radius 1 is 1.10 bits per heavy atom. The molecule has 2 aliphatic carbocycles. The molecule has 0 spiro atoms. The largest absolute Gasteiger partial charge is 0.350 e. The van der Waals surface area contributed by atoms with E-state index in [1.807, 2.05) is 6.92 Å². The van der Waals surface area contributed by atoms with E-state index in [4.69, 9.17) is 0 Å². The maximum Gasteiger partial charge on any atom is 0.325 e. The Hall–Kier alpha value is -2.37. The van der Waals surface area contributed by atoms with Crippen LogP contribution in [0.25, 0.3) is 0 Å². The topological polar surface area (TPSA) is 78.5 Å². The quantitative estimate of drug-likeness (QED) is 0.748. The van der Waals surface area contributed by atoms with Crippen LogP contribution in [0, 0.1) is 0 Å². The highest BCUT2D eigenvalue weighted by Crippen LogP contribution is 2.27. The molecule has 1 aliphatic heterocycles. The molecule has 1 saturated carbocycles. The van der Waals surface area contributed by atoms with Crippen molar-refractivity contribution in [2.75, 3.05) is 0 Å². The summed E-state index contributed by atoms with van der Waals surface area (Å²) in [5.41, 5.74) is 3.89. The SMILES string of the molecule is CC(NC(=O)CC1NC(=O)N(C2CCCCC2)C1=O)c1ccc2c(c1)CCCC2. The summed E-state index contributed by atoms with van der Waals surface area (Å²) in [4.78, 5) is 39.0. The zero-order chi connectivity index (χ0) is 20.4. The van der Waals surface area contributed by atoms with Crippen LogP contribution in [0.2, 0.25) is 0 Å². The van der Waals surface area contributed by atoms with E-state index in [0.29, 0.717) is 0 Å². The minimum absolute atomic E-state index is 0.0108. The lowest BCUT2D eigenvalue weighted by Crippen LogP contribution is -2.42. The molecule has 1 heterocycles. The van der Waals surface area contributed by atoms with E-state index in [1.165, 1.54) is 28.9 Å². The molecule has 1 aromatic carbocycles. The van der Waals surface area contributed by atoms with Crippen LogP contribution < -0.4 is 10.6 Å². The first-order valence-corrected chi connectivity index (χ1v) is 11.1. The summed E-state index contributed by atoms with van der Waals surface area (Å²) in [6.07, 6.45) is 9.68. The number of aryl methyl sites for hydroxylation is 2. The molecule has 1 saturated heterocycles. The molecule has 4 rings (SSSR count). The fourth-order valence-electron chi connectivity index (χ4n) is 4.96. The van der Waals surface area contributed by atoms with E-state index in [-0.39, 0.29) is 36.3 Å². The van der Waals surface area contributed by atoms with Crippen LogP contribution in [-0.4, -0.2) is 34.8 Å². The molecule has 156 valence electrons. The van der Waals surface area contributed by atoms with Gasteiger partial charge in [0.1, 0.15) is 6.04 Å². The number of urea groups is 1. The second-order valence-electron chi connectivity index (χ2n) is 8.73. The predicted molar refractivity (Wildman–Crippen MR) is 110 cm³/mol. The van der Waals surface area contributed by atoms with Crippen molar-refractivity contribution in [1.82, 2.24) is 15.5 Å². The van der Waals surface area contributed by atoms with Crippen LogP contribution in [0.4, 0.5) is 4.79 Å². The summed E-state index contributed by atoms with van der Waals surface area (Å²) in [5.74, 6) is -0.460. The zero-order valence-electron chi connectivity index (χ0n) is 17.2. The molecule has 2 N–H and O–H groups in total. The number of nitrogens with one attached hydrogen (secondary N) is 2. The molecular formula is C23H31N3O3. The van der Waals surface area contributed by atoms with Gasteiger partial charge in [0, 0.05) is 6.04 Å². The van der Waals surface area contributed by atoms with Gasteiger partial charge in [0.15, 0.2) is 0 Å². The molecule has 2 fully saturated rings. The van der Waals surface area contributed by atoms with Gasteiger partial charge in [-0.05, 0) is 62.1 Å². The number of imide groups is 1.